The number of piperidine rings is 1. The predicted molar refractivity (Wildman–Crippen MR) is 111 cm³/mol. The minimum atomic E-state index is -0.490. The highest BCUT2D eigenvalue weighted by Gasteiger charge is 2.41. The van der Waals surface area contributed by atoms with E-state index in [1.165, 1.54) is 5.56 Å². The van der Waals surface area contributed by atoms with Crippen LogP contribution in [0.15, 0.2) is 36.4 Å². The second-order valence-electron chi connectivity index (χ2n) is 7.95. The number of rotatable bonds is 1. The van der Waals surface area contributed by atoms with Crippen LogP contribution in [-0.2, 0) is 0 Å². The van der Waals surface area contributed by atoms with Crippen LogP contribution in [0.3, 0.4) is 0 Å². The van der Waals surface area contributed by atoms with Crippen LogP contribution in [-0.4, -0.2) is 35.6 Å². The Labute approximate surface area is 165 Å². The summed E-state index contributed by atoms with van der Waals surface area (Å²) < 4.78 is 0. The van der Waals surface area contributed by atoms with Crippen molar-refractivity contribution in [3.8, 4) is 0 Å². The molecule has 6 heteroatoms. The maximum absolute atomic E-state index is 12.7. The highest BCUT2D eigenvalue weighted by Crippen LogP contribution is 2.32. The monoisotopic (exact) mass is 378 g/mol. The Balaban J connectivity index is 1.42. The number of hydrogen-bond donors (Lipinski definition) is 3. The maximum atomic E-state index is 12.7. The molecule has 2 aliphatic rings. The van der Waals surface area contributed by atoms with E-state index < -0.39 is 5.66 Å². The van der Waals surface area contributed by atoms with E-state index in [1.807, 2.05) is 56.0 Å². The minimum Gasteiger partial charge on any atom is -0.362 e. The van der Waals surface area contributed by atoms with Crippen molar-refractivity contribution < 1.29 is 9.59 Å². The van der Waals surface area contributed by atoms with Crippen LogP contribution in [0.4, 0.5) is 16.2 Å². The van der Waals surface area contributed by atoms with Gasteiger partial charge < -0.3 is 20.9 Å². The van der Waals surface area contributed by atoms with Crippen molar-refractivity contribution >= 4 is 23.3 Å². The van der Waals surface area contributed by atoms with E-state index in [4.69, 9.17) is 0 Å². The second kappa shape index (κ2) is 6.86. The summed E-state index contributed by atoms with van der Waals surface area (Å²) in [6.45, 7) is 7.16. The lowest BCUT2D eigenvalue weighted by Gasteiger charge is -2.45. The molecule has 0 atom stereocenters. The third kappa shape index (κ3) is 3.42. The number of urea groups is 1. The van der Waals surface area contributed by atoms with Crippen molar-refractivity contribution in [2.75, 3.05) is 23.7 Å². The molecule has 3 N–H and O–H groups in total. The summed E-state index contributed by atoms with van der Waals surface area (Å²) in [5, 5.41) is 9.64. The summed E-state index contributed by atoms with van der Waals surface area (Å²) >= 11 is 0. The van der Waals surface area contributed by atoms with E-state index in [1.54, 1.807) is 0 Å². The fourth-order valence-electron chi connectivity index (χ4n) is 4.02. The van der Waals surface area contributed by atoms with Crippen LogP contribution in [0.1, 0.15) is 39.9 Å². The molecule has 1 fully saturated rings. The highest BCUT2D eigenvalue weighted by molar-refractivity contribution is 6.02. The van der Waals surface area contributed by atoms with Gasteiger partial charge in [-0.1, -0.05) is 29.3 Å². The SMILES string of the molecule is Cc1ccc(NC(=O)N2CCC3(CC2)NC(=O)c2cc(C)ccc2N3)c(C)c1. The van der Waals surface area contributed by atoms with Gasteiger partial charge in [-0.2, -0.15) is 0 Å². The molecule has 28 heavy (non-hydrogen) atoms. The standard InChI is InChI=1S/C22H26N4O2/c1-14-4-6-18(16(3)12-14)23-21(28)26-10-8-22(9-11-26)24-19-7-5-15(2)13-17(19)20(27)25-22/h4-7,12-13,24H,8-11H2,1-3H3,(H,23,28)(H,25,27). The van der Waals surface area contributed by atoms with E-state index in [-0.39, 0.29) is 11.9 Å². The number of likely N-dealkylation sites (tertiary alicyclic amines) is 1. The number of anilines is 2. The van der Waals surface area contributed by atoms with Crippen LogP contribution >= 0.6 is 0 Å². The van der Waals surface area contributed by atoms with Gasteiger partial charge in [0.05, 0.1) is 5.56 Å². The van der Waals surface area contributed by atoms with E-state index >= 15 is 0 Å². The first-order valence-corrected chi connectivity index (χ1v) is 9.70. The summed E-state index contributed by atoms with van der Waals surface area (Å²) in [4.78, 5) is 27.1. The third-order valence-electron chi connectivity index (χ3n) is 5.67. The third-order valence-corrected chi connectivity index (χ3v) is 5.67. The fraction of sp³-hybridized carbons (Fsp3) is 0.364. The van der Waals surface area contributed by atoms with Crippen molar-refractivity contribution in [2.45, 2.75) is 39.3 Å². The lowest BCUT2D eigenvalue weighted by Crippen LogP contribution is -2.63. The van der Waals surface area contributed by atoms with Crippen LogP contribution in [0.5, 0.6) is 0 Å². The Bertz CT molecular complexity index is 946. The Morgan fingerprint density at radius 2 is 1.68 bits per heavy atom. The van der Waals surface area contributed by atoms with E-state index in [0.29, 0.717) is 31.5 Å². The zero-order valence-corrected chi connectivity index (χ0v) is 16.6. The zero-order chi connectivity index (χ0) is 19.9. The Morgan fingerprint density at radius 3 is 2.39 bits per heavy atom. The maximum Gasteiger partial charge on any atom is 0.321 e. The Morgan fingerprint density at radius 1 is 1.00 bits per heavy atom. The molecule has 2 aliphatic heterocycles. The van der Waals surface area contributed by atoms with Crippen LogP contribution in [0, 0.1) is 20.8 Å². The predicted octanol–water partition coefficient (Wildman–Crippen LogP) is 3.79. The summed E-state index contributed by atoms with van der Waals surface area (Å²) in [6.07, 6.45) is 1.32. The van der Waals surface area contributed by atoms with Gasteiger partial charge in [-0.15, -0.1) is 0 Å². The Kier molecular flexibility index (Phi) is 4.49. The van der Waals surface area contributed by atoms with Crippen LogP contribution < -0.4 is 16.0 Å². The number of carbonyl (C=O) groups excluding carboxylic acids is 2. The van der Waals surface area contributed by atoms with Crippen molar-refractivity contribution in [2.24, 2.45) is 0 Å². The first-order valence-electron chi connectivity index (χ1n) is 9.70. The van der Waals surface area contributed by atoms with Gasteiger partial charge in [0.2, 0.25) is 0 Å². The summed E-state index contributed by atoms with van der Waals surface area (Å²) in [6, 6.07) is 11.8. The van der Waals surface area contributed by atoms with Gasteiger partial charge in [-0.3, -0.25) is 4.79 Å². The molecule has 1 spiro atoms. The second-order valence-corrected chi connectivity index (χ2v) is 7.95. The number of amides is 3. The van der Waals surface area contributed by atoms with Crippen molar-refractivity contribution in [3.05, 3.63) is 58.7 Å². The van der Waals surface area contributed by atoms with E-state index in [9.17, 15) is 9.59 Å². The molecule has 0 saturated carbocycles. The molecule has 4 rings (SSSR count). The number of aryl methyl sites for hydroxylation is 3. The highest BCUT2D eigenvalue weighted by atomic mass is 16.2. The number of benzene rings is 2. The topological polar surface area (TPSA) is 73.5 Å². The van der Waals surface area contributed by atoms with Crippen LogP contribution in [0.25, 0.3) is 0 Å². The molecule has 2 aromatic carbocycles. The molecule has 0 bridgehead atoms. The molecule has 0 radical (unpaired) electrons. The van der Waals surface area contributed by atoms with Crippen molar-refractivity contribution in [3.63, 3.8) is 0 Å². The van der Waals surface area contributed by atoms with Gasteiger partial charge in [-0.25, -0.2) is 4.79 Å². The van der Waals surface area contributed by atoms with E-state index in [0.717, 1.165) is 22.5 Å². The number of nitrogens with one attached hydrogen (secondary N) is 3. The number of nitrogens with zero attached hydrogens (tertiary/aromatic N) is 1. The average Bonchev–Trinajstić information content (AvgIpc) is 2.65. The number of hydrogen-bond acceptors (Lipinski definition) is 3. The van der Waals surface area contributed by atoms with Gasteiger partial charge >= 0.3 is 6.03 Å². The molecule has 3 amide bonds. The first kappa shape index (κ1) is 18.3. The normalized spacial score (nSPS) is 17.5. The van der Waals surface area contributed by atoms with Gasteiger partial charge in [0, 0.05) is 37.3 Å². The van der Waals surface area contributed by atoms with Crippen molar-refractivity contribution in [1.29, 1.82) is 0 Å². The molecular weight excluding hydrogens is 352 g/mol. The molecule has 2 aromatic rings. The van der Waals surface area contributed by atoms with E-state index in [2.05, 4.69) is 22.0 Å². The number of fused-ring (bicyclic) bond motifs is 1. The smallest absolute Gasteiger partial charge is 0.321 e. The Hall–Kier alpha value is -3.02. The van der Waals surface area contributed by atoms with Gasteiger partial charge in [0.1, 0.15) is 5.66 Å². The average molecular weight is 378 g/mol. The quantitative estimate of drug-likeness (QED) is 0.707. The lowest BCUT2D eigenvalue weighted by molar-refractivity contribution is 0.0852. The lowest BCUT2D eigenvalue weighted by atomic mass is 9.92. The molecule has 0 aliphatic carbocycles. The van der Waals surface area contributed by atoms with Crippen molar-refractivity contribution in [1.82, 2.24) is 10.2 Å². The minimum absolute atomic E-state index is 0.0503. The summed E-state index contributed by atoms with van der Waals surface area (Å²) in [5.41, 5.74) is 5.17. The largest absolute Gasteiger partial charge is 0.362 e. The molecule has 146 valence electrons. The molecular formula is C22H26N4O2. The summed E-state index contributed by atoms with van der Waals surface area (Å²) in [5.74, 6) is -0.0503. The molecule has 1 saturated heterocycles. The van der Waals surface area contributed by atoms with Gasteiger partial charge in [-0.05, 0) is 44.5 Å². The molecule has 2 heterocycles. The number of carbonyl (C=O) groups is 2. The molecule has 0 unspecified atom stereocenters. The van der Waals surface area contributed by atoms with Gasteiger partial charge in [0.25, 0.3) is 5.91 Å². The molecule has 6 nitrogen and oxygen atoms in total. The fourth-order valence-corrected chi connectivity index (χ4v) is 4.02. The summed E-state index contributed by atoms with van der Waals surface area (Å²) in [7, 11) is 0. The zero-order valence-electron chi connectivity index (χ0n) is 16.6. The first-order chi connectivity index (χ1) is 13.3. The van der Waals surface area contributed by atoms with Gasteiger partial charge in [0.15, 0.2) is 0 Å². The van der Waals surface area contributed by atoms with Crippen LogP contribution in [0.2, 0.25) is 0 Å². The molecule has 0 aromatic heterocycles.